The largest absolute Gasteiger partial charge is 0.416 e. The minimum absolute atomic E-state index is 0.0518. The molecule has 2 fully saturated rings. The van der Waals surface area contributed by atoms with Crippen molar-refractivity contribution in [1.29, 1.82) is 0 Å². The summed E-state index contributed by atoms with van der Waals surface area (Å²) in [6, 6.07) is 1.84. The van der Waals surface area contributed by atoms with Gasteiger partial charge in [0.15, 0.2) is 0 Å². The summed E-state index contributed by atoms with van der Waals surface area (Å²) in [5.41, 5.74) is -0.954. The highest BCUT2D eigenvalue weighted by molar-refractivity contribution is 5.82. The normalized spacial score (nSPS) is 24.7. The van der Waals surface area contributed by atoms with Gasteiger partial charge in [-0.25, -0.2) is 0 Å². The Labute approximate surface area is 161 Å². The quantitative estimate of drug-likeness (QED) is 0.607. The Morgan fingerprint density at radius 1 is 1.11 bits per heavy atom. The summed E-state index contributed by atoms with van der Waals surface area (Å²) in [6.45, 7) is 1.93. The van der Waals surface area contributed by atoms with E-state index in [0.717, 1.165) is 75.9 Å². The van der Waals surface area contributed by atoms with Gasteiger partial charge in [-0.05, 0) is 50.9 Å². The van der Waals surface area contributed by atoms with E-state index >= 15 is 0 Å². The Hall–Kier alpha value is -2.16. The minimum atomic E-state index is -4.53. The average Bonchev–Trinajstić information content (AvgIpc) is 3.16. The monoisotopic (exact) mass is 399 g/mol. The number of alkyl halides is 3. The van der Waals surface area contributed by atoms with Crippen LogP contribution in [0.1, 0.15) is 55.7 Å². The number of nitro groups is 1. The fraction of sp³-hybridized carbons (Fsp3) is 0.632. The van der Waals surface area contributed by atoms with Gasteiger partial charge in [0.1, 0.15) is 0 Å². The number of nitrogens with one attached hydrogen (secondary N) is 1. The number of halogens is 3. The van der Waals surface area contributed by atoms with Crippen molar-refractivity contribution in [2.45, 2.75) is 62.8 Å². The molecule has 1 saturated heterocycles. The zero-order valence-corrected chi connectivity index (χ0v) is 15.5. The van der Waals surface area contributed by atoms with Crippen molar-refractivity contribution in [2.24, 2.45) is 0 Å². The summed E-state index contributed by atoms with van der Waals surface area (Å²) >= 11 is 0. The van der Waals surface area contributed by atoms with Gasteiger partial charge in [-0.2, -0.15) is 13.2 Å². The first-order valence-electron chi connectivity index (χ1n) is 9.62. The number of carbonyl (C=O) groups excluding carboxylic acids is 1. The Bertz CT molecular complexity index is 703. The van der Waals surface area contributed by atoms with Crippen LogP contribution >= 0.6 is 0 Å². The van der Waals surface area contributed by atoms with E-state index in [0.29, 0.717) is 0 Å². The van der Waals surface area contributed by atoms with Crippen LogP contribution in [-0.2, 0) is 11.0 Å². The zero-order valence-electron chi connectivity index (χ0n) is 15.5. The first-order chi connectivity index (χ1) is 13.3. The summed E-state index contributed by atoms with van der Waals surface area (Å²) in [5.74, 6) is -0.763. The number of carbonyl (C=O) groups is 1. The molecule has 1 aliphatic heterocycles. The molecular weight excluding hydrogens is 375 g/mol. The van der Waals surface area contributed by atoms with Crippen molar-refractivity contribution < 1.29 is 22.9 Å². The Morgan fingerprint density at radius 2 is 1.71 bits per heavy atom. The van der Waals surface area contributed by atoms with Gasteiger partial charge in [-0.1, -0.05) is 25.0 Å². The standard InChI is InChI=1S/C19H24F3N3O3/c20-19(21,22)14-9-7-13(8-10-14)17(25(27)28)18(26)23-15-5-1-2-6-16(15)24-11-3-4-12-24/h7-10,15-17H,1-6,11-12H2,(H,23,26)/t15-,16-,17?/m1/s1. The molecule has 9 heteroatoms. The van der Waals surface area contributed by atoms with Crippen LogP contribution in [-0.4, -0.2) is 40.9 Å². The molecule has 1 N–H and O–H groups in total. The number of benzene rings is 1. The van der Waals surface area contributed by atoms with Crippen LogP contribution in [0.25, 0.3) is 0 Å². The summed E-state index contributed by atoms with van der Waals surface area (Å²) in [6.07, 6.45) is 1.39. The molecule has 1 saturated carbocycles. The van der Waals surface area contributed by atoms with Crippen LogP contribution in [0.15, 0.2) is 24.3 Å². The molecule has 2 aliphatic rings. The van der Waals surface area contributed by atoms with Crippen molar-refractivity contribution in [3.05, 3.63) is 45.5 Å². The highest BCUT2D eigenvalue weighted by Gasteiger charge is 2.38. The first-order valence-corrected chi connectivity index (χ1v) is 9.62. The van der Waals surface area contributed by atoms with E-state index in [9.17, 15) is 28.1 Å². The highest BCUT2D eigenvalue weighted by atomic mass is 19.4. The van der Waals surface area contributed by atoms with Gasteiger partial charge >= 0.3 is 12.2 Å². The zero-order chi connectivity index (χ0) is 20.3. The second kappa shape index (κ2) is 8.46. The van der Waals surface area contributed by atoms with Crippen LogP contribution in [0.2, 0.25) is 0 Å². The molecular formula is C19H24F3N3O3. The third-order valence-electron chi connectivity index (χ3n) is 5.68. The molecule has 0 radical (unpaired) electrons. The van der Waals surface area contributed by atoms with Crippen molar-refractivity contribution in [2.75, 3.05) is 13.1 Å². The predicted molar refractivity (Wildman–Crippen MR) is 96.2 cm³/mol. The Kier molecular flexibility index (Phi) is 6.22. The van der Waals surface area contributed by atoms with Crippen LogP contribution < -0.4 is 5.32 Å². The number of hydrogen-bond acceptors (Lipinski definition) is 4. The summed E-state index contributed by atoms with van der Waals surface area (Å²) in [5, 5.41) is 14.3. The lowest BCUT2D eigenvalue weighted by atomic mass is 9.89. The smallest absolute Gasteiger partial charge is 0.346 e. The molecule has 1 aromatic carbocycles. The topological polar surface area (TPSA) is 75.5 Å². The Balaban J connectivity index is 1.74. The second-order valence-corrected chi connectivity index (χ2v) is 7.52. The SMILES string of the molecule is O=C(N[C@@H]1CCCC[C@H]1N1CCCC1)C(c1ccc(C(F)(F)F)cc1)[N+](=O)[O-]. The third kappa shape index (κ3) is 4.63. The number of likely N-dealkylation sites (tertiary alicyclic amines) is 1. The van der Waals surface area contributed by atoms with Gasteiger partial charge in [0.2, 0.25) is 0 Å². The summed E-state index contributed by atoms with van der Waals surface area (Å²) in [4.78, 5) is 25.8. The molecule has 28 heavy (non-hydrogen) atoms. The minimum Gasteiger partial charge on any atom is -0.346 e. The first kappa shape index (κ1) is 20.6. The van der Waals surface area contributed by atoms with Crippen molar-refractivity contribution >= 4 is 5.91 Å². The van der Waals surface area contributed by atoms with Crippen LogP contribution in [0.4, 0.5) is 13.2 Å². The fourth-order valence-corrected chi connectivity index (χ4v) is 4.27. The molecule has 0 spiro atoms. The van der Waals surface area contributed by atoms with E-state index in [1.165, 1.54) is 0 Å². The molecule has 1 aromatic rings. The lowest BCUT2D eigenvalue weighted by Gasteiger charge is -2.38. The maximum Gasteiger partial charge on any atom is 0.416 e. The number of hydrogen-bond donors (Lipinski definition) is 1. The second-order valence-electron chi connectivity index (χ2n) is 7.52. The summed E-state index contributed by atoms with van der Waals surface area (Å²) < 4.78 is 38.2. The van der Waals surface area contributed by atoms with Crippen molar-refractivity contribution in [3.63, 3.8) is 0 Å². The molecule has 1 unspecified atom stereocenters. The fourth-order valence-electron chi connectivity index (χ4n) is 4.27. The molecule has 1 heterocycles. The van der Waals surface area contributed by atoms with Gasteiger partial charge in [0.05, 0.1) is 5.56 Å². The molecule has 6 nitrogen and oxygen atoms in total. The number of nitrogens with zero attached hydrogens (tertiary/aromatic N) is 2. The molecule has 1 amide bonds. The van der Waals surface area contributed by atoms with Gasteiger partial charge in [0.25, 0.3) is 5.91 Å². The van der Waals surface area contributed by atoms with Gasteiger partial charge in [0, 0.05) is 22.6 Å². The van der Waals surface area contributed by atoms with Crippen LogP contribution in [0, 0.1) is 10.1 Å². The van der Waals surface area contributed by atoms with Crippen molar-refractivity contribution in [3.8, 4) is 0 Å². The molecule has 154 valence electrons. The van der Waals surface area contributed by atoms with Crippen LogP contribution in [0.5, 0.6) is 0 Å². The maximum atomic E-state index is 12.7. The lowest BCUT2D eigenvalue weighted by molar-refractivity contribution is -0.513. The Morgan fingerprint density at radius 3 is 2.29 bits per heavy atom. The molecule has 0 aromatic heterocycles. The van der Waals surface area contributed by atoms with Gasteiger partial charge in [-0.15, -0.1) is 0 Å². The van der Waals surface area contributed by atoms with E-state index in [1.54, 1.807) is 0 Å². The van der Waals surface area contributed by atoms with E-state index in [1.807, 2.05) is 0 Å². The highest BCUT2D eigenvalue weighted by Crippen LogP contribution is 2.31. The van der Waals surface area contributed by atoms with E-state index in [4.69, 9.17) is 0 Å². The van der Waals surface area contributed by atoms with E-state index in [-0.39, 0.29) is 17.6 Å². The molecule has 0 bridgehead atoms. The van der Waals surface area contributed by atoms with E-state index < -0.39 is 28.6 Å². The number of amides is 1. The molecule has 3 rings (SSSR count). The van der Waals surface area contributed by atoms with Gasteiger partial charge < -0.3 is 5.32 Å². The molecule has 3 atom stereocenters. The predicted octanol–water partition coefficient (Wildman–Crippen LogP) is 3.55. The van der Waals surface area contributed by atoms with Gasteiger partial charge in [-0.3, -0.25) is 19.8 Å². The summed E-state index contributed by atoms with van der Waals surface area (Å²) in [7, 11) is 0. The number of rotatable bonds is 5. The lowest BCUT2D eigenvalue weighted by Crippen LogP contribution is -2.53. The maximum absolute atomic E-state index is 12.7. The van der Waals surface area contributed by atoms with E-state index in [2.05, 4.69) is 10.2 Å². The third-order valence-corrected chi connectivity index (χ3v) is 5.68. The molecule has 1 aliphatic carbocycles. The average molecular weight is 399 g/mol. The van der Waals surface area contributed by atoms with Crippen molar-refractivity contribution in [1.82, 2.24) is 10.2 Å². The van der Waals surface area contributed by atoms with Crippen LogP contribution in [0.3, 0.4) is 0 Å².